The van der Waals surface area contributed by atoms with Crippen molar-refractivity contribution < 1.29 is 0 Å². The summed E-state index contributed by atoms with van der Waals surface area (Å²) in [6, 6.07) is 29.7. The minimum atomic E-state index is 0.697. The molecule has 0 atom stereocenters. The van der Waals surface area contributed by atoms with Crippen molar-refractivity contribution in [2.75, 3.05) is 0 Å². The number of benzene rings is 3. The normalized spacial score (nSPS) is 11.3. The Morgan fingerprint density at radius 1 is 0.533 bits per heavy atom. The summed E-state index contributed by atoms with van der Waals surface area (Å²) in [5.74, 6) is 0. The molecule has 0 N–H and O–H groups in total. The fraction of sp³-hybridized carbons (Fsp3) is 0.0769. The Balaban J connectivity index is 1.90. The van der Waals surface area contributed by atoms with E-state index in [1.807, 2.05) is 12.1 Å². The number of hydrogen-bond acceptors (Lipinski definition) is 2. The van der Waals surface area contributed by atoms with Crippen molar-refractivity contribution in [1.29, 1.82) is 0 Å². The summed E-state index contributed by atoms with van der Waals surface area (Å²) in [6.45, 7) is 0. The van der Waals surface area contributed by atoms with Crippen LogP contribution in [0, 0.1) is 0 Å². The van der Waals surface area contributed by atoms with Crippen LogP contribution in [0.5, 0.6) is 0 Å². The van der Waals surface area contributed by atoms with E-state index in [0.717, 1.165) is 33.2 Å². The highest BCUT2D eigenvalue weighted by atomic mass is 79.9. The van der Waals surface area contributed by atoms with Gasteiger partial charge in [0.1, 0.15) is 0 Å². The van der Waals surface area contributed by atoms with Gasteiger partial charge in [0, 0.05) is 21.4 Å². The molecular weight excluding hydrogens is 500 g/mol. The Hall–Kier alpha value is -2.56. The molecule has 30 heavy (non-hydrogen) atoms. The average Bonchev–Trinajstić information content (AvgIpc) is 2.83. The van der Waals surface area contributed by atoms with Gasteiger partial charge in [-0.15, -0.1) is 0 Å². The Labute approximate surface area is 192 Å². The molecule has 146 valence electrons. The van der Waals surface area contributed by atoms with Crippen LogP contribution < -0.4 is 0 Å². The van der Waals surface area contributed by atoms with Crippen LogP contribution in [0.1, 0.15) is 11.4 Å². The topological polar surface area (TPSA) is 25.8 Å². The molecule has 0 aliphatic carbocycles. The molecule has 2 aromatic heterocycles. The molecule has 3 aromatic carbocycles. The second-order valence-corrected chi connectivity index (χ2v) is 8.30. The molecule has 0 aliphatic rings. The summed E-state index contributed by atoms with van der Waals surface area (Å²) in [6.07, 6.45) is 0. The molecule has 0 unspecified atom stereocenters. The minimum absolute atomic E-state index is 0.697. The van der Waals surface area contributed by atoms with Gasteiger partial charge in [-0.1, -0.05) is 105 Å². The maximum atomic E-state index is 4.99. The van der Waals surface area contributed by atoms with Gasteiger partial charge >= 0.3 is 0 Å². The zero-order chi connectivity index (χ0) is 20.5. The van der Waals surface area contributed by atoms with Crippen molar-refractivity contribution in [1.82, 2.24) is 9.97 Å². The van der Waals surface area contributed by atoms with Crippen LogP contribution in [-0.4, -0.2) is 9.97 Å². The van der Waals surface area contributed by atoms with E-state index in [0.29, 0.717) is 10.7 Å². The molecule has 0 spiro atoms. The van der Waals surface area contributed by atoms with Crippen molar-refractivity contribution in [3.8, 4) is 22.3 Å². The van der Waals surface area contributed by atoms with Gasteiger partial charge in [-0.2, -0.15) is 0 Å². The molecule has 0 aliphatic heterocycles. The standard InChI is InChI=1S/C26H18Br2N2/c27-15-19-13-23(17-7-3-1-4-8-17)21-11-12-22-24(18-9-5-2-6-10-18)14-20(16-28)30-26(22)25(21)29-19/h1-14H,15-16H2. The second-order valence-electron chi connectivity index (χ2n) is 7.18. The maximum Gasteiger partial charge on any atom is 0.0974 e. The first-order valence-electron chi connectivity index (χ1n) is 9.77. The van der Waals surface area contributed by atoms with Gasteiger partial charge in [0.05, 0.1) is 22.4 Å². The molecule has 5 rings (SSSR count). The van der Waals surface area contributed by atoms with Crippen molar-refractivity contribution in [3.05, 3.63) is 96.3 Å². The van der Waals surface area contributed by atoms with Crippen LogP contribution in [-0.2, 0) is 10.7 Å². The highest BCUT2D eigenvalue weighted by molar-refractivity contribution is 9.08. The summed E-state index contributed by atoms with van der Waals surface area (Å²) in [4.78, 5) is 9.99. The number of alkyl halides is 2. The Morgan fingerprint density at radius 2 is 0.933 bits per heavy atom. The number of pyridine rings is 2. The van der Waals surface area contributed by atoms with Crippen molar-refractivity contribution >= 4 is 53.7 Å². The zero-order valence-corrected chi connectivity index (χ0v) is 19.3. The average molecular weight is 518 g/mol. The third-order valence-corrected chi connectivity index (χ3v) is 6.46. The molecule has 0 radical (unpaired) electrons. The fourth-order valence-corrected chi connectivity index (χ4v) is 4.51. The van der Waals surface area contributed by atoms with Crippen LogP contribution in [0.15, 0.2) is 84.9 Å². The maximum absolute atomic E-state index is 4.99. The molecule has 0 bridgehead atoms. The Bertz CT molecular complexity index is 1240. The van der Waals surface area contributed by atoms with E-state index in [-0.39, 0.29) is 0 Å². The summed E-state index contributed by atoms with van der Waals surface area (Å²) in [5, 5.41) is 3.64. The predicted octanol–water partition coefficient (Wildman–Crippen LogP) is 7.91. The third kappa shape index (κ3) is 3.44. The zero-order valence-electron chi connectivity index (χ0n) is 16.1. The van der Waals surface area contributed by atoms with Crippen LogP contribution >= 0.6 is 31.9 Å². The lowest BCUT2D eigenvalue weighted by molar-refractivity contribution is 1.21. The quantitative estimate of drug-likeness (QED) is 0.179. The van der Waals surface area contributed by atoms with Crippen LogP contribution in [0.25, 0.3) is 44.1 Å². The number of fused-ring (bicyclic) bond motifs is 3. The van der Waals surface area contributed by atoms with Gasteiger partial charge in [0.15, 0.2) is 0 Å². The predicted molar refractivity (Wildman–Crippen MR) is 133 cm³/mol. The number of aromatic nitrogens is 2. The highest BCUT2D eigenvalue weighted by Gasteiger charge is 2.15. The molecule has 0 saturated carbocycles. The van der Waals surface area contributed by atoms with Gasteiger partial charge in [0.2, 0.25) is 0 Å². The number of nitrogens with zero attached hydrogens (tertiary/aromatic N) is 2. The number of rotatable bonds is 4. The Morgan fingerprint density at radius 3 is 1.30 bits per heavy atom. The molecule has 2 nitrogen and oxygen atoms in total. The largest absolute Gasteiger partial charge is 0.250 e. The number of hydrogen-bond donors (Lipinski definition) is 0. The summed E-state index contributed by atoms with van der Waals surface area (Å²) >= 11 is 7.21. The molecule has 0 saturated heterocycles. The molecular formula is C26H18Br2N2. The second kappa shape index (κ2) is 8.29. The van der Waals surface area contributed by atoms with Crippen LogP contribution in [0.4, 0.5) is 0 Å². The molecule has 5 aromatic rings. The van der Waals surface area contributed by atoms with Crippen molar-refractivity contribution in [2.24, 2.45) is 0 Å². The van der Waals surface area contributed by atoms with E-state index in [4.69, 9.17) is 9.97 Å². The molecule has 2 heterocycles. The van der Waals surface area contributed by atoms with Crippen molar-refractivity contribution in [2.45, 2.75) is 10.7 Å². The van der Waals surface area contributed by atoms with Gasteiger partial charge < -0.3 is 0 Å². The monoisotopic (exact) mass is 516 g/mol. The molecule has 0 amide bonds. The van der Waals surface area contributed by atoms with E-state index in [1.54, 1.807) is 0 Å². The van der Waals surface area contributed by atoms with Gasteiger partial charge in [-0.25, -0.2) is 9.97 Å². The van der Waals surface area contributed by atoms with Gasteiger partial charge in [-0.3, -0.25) is 0 Å². The lowest BCUT2D eigenvalue weighted by Crippen LogP contribution is -1.96. The first-order valence-corrected chi connectivity index (χ1v) is 12.0. The van der Waals surface area contributed by atoms with E-state index in [9.17, 15) is 0 Å². The first kappa shape index (κ1) is 19.4. The van der Waals surface area contributed by atoms with E-state index >= 15 is 0 Å². The summed E-state index contributed by atoms with van der Waals surface area (Å²) in [5.41, 5.74) is 8.64. The smallest absolute Gasteiger partial charge is 0.0974 e. The molecule has 4 heteroatoms. The van der Waals surface area contributed by atoms with Gasteiger partial charge in [-0.05, 0) is 34.4 Å². The van der Waals surface area contributed by atoms with E-state index in [1.165, 1.54) is 22.3 Å². The highest BCUT2D eigenvalue weighted by Crippen LogP contribution is 2.36. The fourth-order valence-electron chi connectivity index (χ4n) is 3.93. The van der Waals surface area contributed by atoms with E-state index < -0.39 is 0 Å². The minimum Gasteiger partial charge on any atom is -0.250 e. The summed E-state index contributed by atoms with van der Waals surface area (Å²) in [7, 11) is 0. The third-order valence-electron chi connectivity index (χ3n) is 5.31. The van der Waals surface area contributed by atoms with Crippen molar-refractivity contribution in [3.63, 3.8) is 0 Å². The van der Waals surface area contributed by atoms with Crippen LogP contribution in [0.3, 0.4) is 0 Å². The summed E-state index contributed by atoms with van der Waals surface area (Å²) < 4.78 is 0. The molecule has 0 fully saturated rings. The SMILES string of the molecule is BrCc1cc(-c2ccccc2)c2ccc3c(-c4ccccc4)cc(CBr)nc3c2n1. The van der Waals surface area contributed by atoms with Crippen LogP contribution in [0.2, 0.25) is 0 Å². The number of halogens is 2. The first-order chi connectivity index (χ1) is 14.8. The lowest BCUT2D eigenvalue weighted by Gasteiger charge is -2.14. The Kier molecular flexibility index (Phi) is 5.36. The van der Waals surface area contributed by atoms with Gasteiger partial charge in [0.25, 0.3) is 0 Å². The van der Waals surface area contributed by atoms with E-state index in [2.05, 4.69) is 105 Å². The lowest BCUT2D eigenvalue weighted by atomic mass is 9.95.